The number of para-hydroxylation sites is 1. The molecule has 3 aromatic rings. The summed E-state index contributed by atoms with van der Waals surface area (Å²) in [7, 11) is 0. The fraction of sp³-hybridized carbons (Fsp3) is 0.360. The number of amides is 1. The molecule has 32 heavy (non-hydrogen) atoms. The molecule has 1 aromatic heterocycles. The first-order chi connectivity index (χ1) is 15.6. The molecule has 0 saturated carbocycles. The summed E-state index contributed by atoms with van der Waals surface area (Å²) >= 11 is 0. The zero-order chi connectivity index (χ0) is 22.1. The Kier molecular flexibility index (Phi) is 5.68. The van der Waals surface area contributed by atoms with Crippen molar-refractivity contribution in [2.45, 2.75) is 31.4 Å². The van der Waals surface area contributed by atoms with Crippen LogP contribution >= 0.6 is 0 Å². The molecule has 3 atom stereocenters. The van der Waals surface area contributed by atoms with Gasteiger partial charge in [0.05, 0.1) is 12.7 Å². The SMILES string of the molecule is O=C(c1c[nH]c2ccc(Oc3ccccc3)cc2c1=O)N1CCCC1C1COCCC1O. The Bertz CT molecular complexity index is 1180. The molecule has 3 unspecified atom stereocenters. The van der Waals surface area contributed by atoms with Gasteiger partial charge in [-0.25, -0.2) is 0 Å². The maximum atomic E-state index is 13.4. The van der Waals surface area contributed by atoms with Crippen LogP contribution in [0.4, 0.5) is 0 Å². The first-order valence-corrected chi connectivity index (χ1v) is 11.1. The van der Waals surface area contributed by atoms with Gasteiger partial charge in [-0.15, -0.1) is 0 Å². The van der Waals surface area contributed by atoms with Crippen LogP contribution in [0.5, 0.6) is 11.5 Å². The van der Waals surface area contributed by atoms with Gasteiger partial charge < -0.3 is 24.5 Å². The molecule has 1 amide bonds. The number of aliphatic hydroxyl groups is 1. The molecule has 166 valence electrons. The van der Waals surface area contributed by atoms with Crippen molar-refractivity contribution in [3.8, 4) is 11.5 Å². The van der Waals surface area contributed by atoms with Crippen molar-refractivity contribution in [2.24, 2.45) is 5.92 Å². The average Bonchev–Trinajstić information content (AvgIpc) is 3.30. The van der Waals surface area contributed by atoms with Crippen molar-refractivity contribution in [2.75, 3.05) is 19.8 Å². The first kappa shape index (κ1) is 20.7. The van der Waals surface area contributed by atoms with Crippen LogP contribution in [0.1, 0.15) is 29.6 Å². The van der Waals surface area contributed by atoms with Crippen molar-refractivity contribution in [1.29, 1.82) is 0 Å². The molecule has 5 rings (SSSR count). The maximum Gasteiger partial charge on any atom is 0.259 e. The van der Waals surface area contributed by atoms with Crippen LogP contribution < -0.4 is 10.2 Å². The summed E-state index contributed by atoms with van der Waals surface area (Å²) < 4.78 is 11.4. The van der Waals surface area contributed by atoms with Crippen LogP contribution in [0.3, 0.4) is 0 Å². The topological polar surface area (TPSA) is 91.9 Å². The number of H-pyrrole nitrogens is 1. The molecular formula is C25H26N2O5. The number of fused-ring (bicyclic) bond motifs is 1. The van der Waals surface area contributed by atoms with Gasteiger partial charge in [0.2, 0.25) is 5.43 Å². The van der Waals surface area contributed by atoms with Gasteiger partial charge in [-0.05, 0) is 49.6 Å². The molecule has 2 aromatic carbocycles. The zero-order valence-corrected chi connectivity index (χ0v) is 17.7. The van der Waals surface area contributed by atoms with Gasteiger partial charge in [0.1, 0.15) is 17.1 Å². The number of carbonyl (C=O) groups excluding carboxylic acids is 1. The molecule has 0 radical (unpaired) electrons. The molecule has 2 saturated heterocycles. The van der Waals surface area contributed by atoms with Gasteiger partial charge in [-0.2, -0.15) is 0 Å². The third kappa shape index (κ3) is 3.89. The number of pyridine rings is 1. The van der Waals surface area contributed by atoms with E-state index < -0.39 is 6.10 Å². The van der Waals surface area contributed by atoms with E-state index in [0.717, 1.165) is 12.8 Å². The van der Waals surface area contributed by atoms with Crippen molar-refractivity contribution in [1.82, 2.24) is 9.88 Å². The van der Waals surface area contributed by atoms with Gasteiger partial charge in [0, 0.05) is 42.2 Å². The fourth-order valence-electron chi connectivity index (χ4n) is 4.81. The molecular weight excluding hydrogens is 408 g/mol. The fourth-order valence-corrected chi connectivity index (χ4v) is 4.81. The predicted molar refractivity (Wildman–Crippen MR) is 120 cm³/mol. The summed E-state index contributed by atoms with van der Waals surface area (Å²) in [4.78, 5) is 31.5. The summed E-state index contributed by atoms with van der Waals surface area (Å²) in [6, 6.07) is 14.4. The number of aromatic amines is 1. The number of hydrogen-bond donors (Lipinski definition) is 2. The van der Waals surface area contributed by atoms with Crippen molar-refractivity contribution in [3.05, 3.63) is 70.5 Å². The summed E-state index contributed by atoms with van der Waals surface area (Å²) in [5.74, 6) is 0.771. The highest BCUT2D eigenvalue weighted by Crippen LogP contribution is 2.31. The molecule has 2 aliphatic heterocycles. The van der Waals surface area contributed by atoms with E-state index in [2.05, 4.69) is 4.98 Å². The van der Waals surface area contributed by atoms with Gasteiger partial charge >= 0.3 is 0 Å². The van der Waals surface area contributed by atoms with E-state index in [-0.39, 0.29) is 28.9 Å². The quantitative estimate of drug-likeness (QED) is 0.657. The second-order valence-electron chi connectivity index (χ2n) is 8.46. The highest BCUT2D eigenvalue weighted by molar-refractivity contribution is 5.97. The lowest BCUT2D eigenvalue weighted by molar-refractivity contribution is -0.0589. The van der Waals surface area contributed by atoms with Crippen molar-refractivity contribution < 1.29 is 19.4 Å². The van der Waals surface area contributed by atoms with Crippen LogP contribution in [0.15, 0.2) is 59.5 Å². The van der Waals surface area contributed by atoms with E-state index in [1.165, 1.54) is 6.20 Å². The Morgan fingerprint density at radius 3 is 2.78 bits per heavy atom. The number of ether oxygens (including phenoxy) is 2. The van der Waals surface area contributed by atoms with Gasteiger partial charge in [0.25, 0.3) is 5.91 Å². The number of nitrogens with zero attached hydrogens (tertiary/aromatic N) is 1. The predicted octanol–water partition coefficient (Wildman–Crippen LogP) is 3.32. The van der Waals surface area contributed by atoms with Gasteiger partial charge in [0.15, 0.2) is 0 Å². The molecule has 0 aliphatic carbocycles. The standard InChI is InChI=1S/C25H26N2O5/c28-23-10-12-31-15-20(23)22-7-4-11-27(22)25(30)19-14-26-21-9-8-17(13-18(21)24(19)29)32-16-5-2-1-3-6-16/h1-3,5-6,8-9,13-14,20,22-23,28H,4,7,10-12,15H2,(H,26,29). The smallest absolute Gasteiger partial charge is 0.259 e. The Hall–Kier alpha value is -3.16. The second-order valence-corrected chi connectivity index (χ2v) is 8.46. The van der Waals surface area contributed by atoms with E-state index >= 15 is 0 Å². The molecule has 0 spiro atoms. The van der Waals surface area contributed by atoms with E-state index in [1.807, 2.05) is 30.3 Å². The number of hydrogen-bond acceptors (Lipinski definition) is 5. The minimum atomic E-state index is -0.491. The number of aromatic nitrogens is 1. The number of aliphatic hydroxyl groups excluding tert-OH is 1. The first-order valence-electron chi connectivity index (χ1n) is 11.1. The summed E-state index contributed by atoms with van der Waals surface area (Å²) in [5.41, 5.74) is 0.418. The van der Waals surface area contributed by atoms with Crippen molar-refractivity contribution >= 4 is 16.8 Å². The zero-order valence-electron chi connectivity index (χ0n) is 17.7. The van der Waals surface area contributed by atoms with Gasteiger partial charge in [-0.1, -0.05) is 18.2 Å². The largest absolute Gasteiger partial charge is 0.457 e. The maximum absolute atomic E-state index is 13.4. The summed E-state index contributed by atoms with van der Waals surface area (Å²) in [6.07, 6.45) is 3.23. The lowest BCUT2D eigenvalue weighted by Gasteiger charge is -2.36. The Morgan fingerprint density at radius 1 is 1.12 bits per heavy atom. The normalized spacial score (nSPS) is 23.4. The minimum absolute atomic E-state index is 0.104. The molecule has 2 fully saturated rings. The number of rotatable bonds is 4. The second kappa shape index (κ2) is 8.76. The summed E-state index contributed by atoms with van der Waals surface area (Å²) in [5, 5.41) is 10.9. The number of nitrogens with one attached hydrogen (secondary N) is 1. The van der Waals surface area contributed by atoms with Crippen LogP contribution in [-0.2, 0) is 4.74 Å². The highest BCUT2D eigenvalue weighted by atomic mass is 16.5. The van der Waals surface area contributed by atoms with E-state index in [0.29, 0.717) is 48.6 Å². The number of benzene rings is 2. The molecule has 2 aliphatic rings. The van der Waals surface area contributed by atoms with Crippen LogP contribution in [0.25, 0.3) is 10.9 Å². The van der Waals surface area contributed by atoms with Crippen LogP contribution in [0, 0.1) is 5.92 Å². The number of carbonyl (C=O) groups is 1. The minimum Gasteiger partial charge on any atom is -0.457 e. The molecule has 2 N–H and O–H groups in total. The number of likely N-dealkylation sites (tertiary alicyclic amines) is 1. The van der Waals surface area contributed by atoms with Crippen LogP contribution in [0.2, 0.25) is 0 Å². The summed E-state index contributed by atoms with van der Waals surface area (Å²) in [6.45, 7) is 1.54. The molecule has 7 heteroatoms. The third-order valence-electron chi connectivity index (χ3n) is 6.48. The van der Waals surface area contributed by atoms with Crippen LogP contribution in [-0.4, -0.2) is 52.8 Å². The Balaban J connectivity index is 1.44. The third-order valence-corrected chi connectivity index (χ3v) is 6.48. The molecule has 3 heterocycles. The molecule has 0 bridgehead atoms. The highest BCUT2D eigenvalue weighted by Gasteiger charge is 2.40. The van der Waals surface area contributed by atoms with Gasteiger partial charge in [-0.3, -0.25) is 9.59 Å². The Labute approximate surface area is 185 Å². The van der Waals surface area contributed by atoms with E-state index in [4.69, 9.17) is 9.47 Å². The lowest BCUT2D eigenvalue weighted by Crippen LogP contribution is -2.48. The lowest BCUT2D eigenvalue weighted by atomic mass is 9.89. The van der Waals surface area contributed by atoms with E-state index in [9.17, 15) is 14.7 Å². The monoisotopic (exact) mass is 434 g/mol. The van der Waals surface area contributed by atoms with E-state index in [1.54, 1.807) is 23.1 Å². The molecule has 7 nitrogen and oxygen atoms in total. The Morgan fingerprint density at radius 2 is 1.97 bits per heavy atom. The average molecular weight is 434 g/mol. The van der Waals surface area contributed by atoms with Crippen molar-refractivity contribution in [3.63, 3.8) is 0 Å².